The predicted molar refractivity (Wildman–Crippen MR) is 99.8 cm³/mol. The topological polar surface area (TPSA) is 9.23 Å². The van der Waals surface area contributed by atoms with Crippen LogP contribution in [0.25, 0.3) is 0 Å². The Morgan fingerprint density at radius 2 is 1.14 bits per heavy atom. The van der Waals surface area contributed by atoms with Gasteiger partial charge in [0, 0.05) is 17.0 Å². The Morgan fingerprint density at radius 1 is 0.655 bits per heavy atom. The minimum atomic E-state index is -1.86. The lowest BCUT2D eigenvalue weighted by atomic mass is 9.36. The molecule has 0 aliphatic carbocycles. The maximum absolute atomic E-state index is 14.9. The number of aryl methyl sites for hydroxylation is 2. The first-order valence-corrected chi connectivity index (χ1v) is 8.59. The Kier molecular flexibility index (Phi) is 5.64. The molecule has 0 aromatic heterocycles. The van der Waals surface area contributed by atoms with Gasteiger partial charge in [0.25, 0.3) is 6.71 Å². The van der Waals surface area contributed by atoms with Crippen molar-refractivity contribution < 1.29 is 31.1 Å². The van der Waals surface area contributed by atoms with Crippen LogP contribution in [0.15, 0.2) is 36.4 Å². The third-order valence-electron chi connectivity index (χ3n) is 4.80. The molecule has 0 unspecified atom stereocenters. The van der Waals surface area contributed by atoms with Gasteiger partial charge in [0.05, 0.1) is 7.11 Å². The van der Waals surface area contributed by atoms with E-state index >= 15 is 0 Å². The molecule has 150 valence electrons. The average Bonchev–Trinajstić information content (AvgIpc) is 2.67. The summed E-state index contributed by atoms with van der Waals surface area (Å²) >= 11 is 0. The van der Waals surface area contributed by atoms with E-state index in [4.69, 9.17) is 4.74 Å². The second-order valence-corrected chi connectivity index (χ2v) is 6.63. The van der Waals surface area contributed by atoms with Crippen molar-refractivity contribution >= 4 is 23.1 Å². The molecule has 0 N–H and O–H groups in total. The van der Waals surface area contributed by atoms with Gasteiger partial charge >= 0.3 is 0 Å². The molecule has 1 nitrogen and oxygen atoms in total. The normalized spacial score (nSPS) is 10.9. The molecule has 0 heterocycles. The van der Waals surface area contributed by atoms with Crippen molar-refractivity contribution in [2.24, 2.45) is 0 Å². The number of hydrogen-bond donors (Lipinski definition) is 0. The van der Waals surface area contributed by atoms with E-state index in [0.717, 1.165) is 37.4 Å². The summed E-state index contributed by atoms with van der Waals surface area (Å²) in [4.78, 5) is 0. The maximum Gasteiger partial charge on any atom is 0.260 e. The molecule has 0 bridgehead atoms. The molecule has 0 saturated carbocycles. The van der Waals surface area contributed by atoms with Crippen LogP contribution in [0.4, 0.5) is 26.3 Å². The van der Waals surface area contributed by atoms with Crippen molar-refractivity contribution in [2.75, 3.05) is 7.11 Å². The quantitative estimate of drug-likeness (QED) is 0.473. The summed E-state index contributed by atoms with van der Waals surface area (Å²) in [6.07, 6.45) is 0. The highest BCUT2D eigenvalue weighted by Gasteiger charge is 2.36. The molecule has 3 aromatic rings. The molecular weight excluding hydrogens is 393 g/mol. The molecule has 3 aromatic carbocycles. The fourth-order valence-corrected chi connectivity index (χ4v) is 3.26. The monoisotopic (exact) mass is 408 g/mol. The van der Waals surface area contributed by atoms with Crippen LogP contribution in [0, 0.1) is 48.8 Å². The Bertz CT molecular complexity index is 1040. The summed E-state index contributed by atoms with van der Waals surface area (Å²) in [5.74, 6) is -7.15. The Labute approximate surface area is 164 Å². The van der Waals surface area contributed by atoms with Crippen LogP contribution in [0.3, 0.4) is 0 Å². The van der Waals surface area contributed by atoms with Crippen LogP contribution in [0.2, 0.25) is 0 Å². The lowest BCUT2D eigenvalue weighted by molar-refractivity contribution is 0.385. The largest absolute Gasteiger partial charge is 0.494 e. The number of ether oxygens (including phenoxy) is 1. The zero-order chi connectivity index (χ0) is 21.5. The third kappa shape index (κ3) is 3.59. The molecule has 0 spiro atoms. The van der Waals surface area contributed by atoms with Crippen molar-refractivity contribution in [3.63, 3.8) is 0 Å². The van der Waals surface area contributed by atoms with E-state index in [0.29, 0.717) is 6.07 Å². The zero-order valence-corrected chi connectivity index (χ0v) is 15.7. The fraction of sp³-hybridized carbons (Fsp3) is 0.143. The number of rotatable bonds is 4. The van der Waals surface area contributed by atoms with Crippen LogP contribution in [0.5, 0.6) is 5.75 Å². The highest BCUT2D eigenvalue weighted by molar-refractivity contribution is 6.95. The SMILES string of the molecule is COc1cc(B(c2c(F)ccc(C)c2F)c2c(F)ccc(C)c2F)c(F)cc1F. The molecular formula is C21H15BF6O. The number of benzene rings is 3. The molecule has 0 aliphatic heterocycles. The standard InChI is InChI=1S/C21H15BF6O/c1-10-4-6-13(23)18(20(10)27)22(19-14(24)7-5-11(2)21(19)28)12-8-17(29-3)16(26)9-15(12)25/h4-9H,1-3H3. The molecule has 0 radical (unpaired) electrons. The summed E-state index contributed by atoms with van der Waals surface area (Å²) in [7, 11) is 1.11. The molecule has 0 saturated heterocycles. The van der Waals surface area contributed by atoms with Crippen molar-refractivity contribution in [3.05, 3.63) is 82.4 Å². The van der Waals surface area contributed by atoms with Crippen molar-refractivity contribution in [3.8, 4) is 5.75 Å². The Hall–Kier alpha value is -2.90. The Balaban J connectivity index is 2.47. The van der Waals surface area contributed by atoms with E-state index in [1.807, 2.05) is 0 Å². The fourth-order valence-electron chi connectivity index (χ4n) is 3.26. The number of halogens is 6. The predicted octanol–water partition coefficient (Wildman–Crippen LogP) is 3.66. The van der Waals surface area contributed by atoms with Gasteiger partial charge in [-0.3, -0.25) is 0 Å². The van der Waals surface area contributed by atoms with Gasteiger partial charge in [0.15, 0.2) is 11.6 Å². The van der Waals surface area contributed by atoms with Crippen molar-refractivity contribution in [1.82, 2.24) is 0 Å². The van der Waals surface area contributed by atoms with Crippen LogP contribution in [-0.2, 0) is 0 Å². The summed E-state index contributed by atoms with van der Waals surface area (Å²) in [6, 6.07) is 5.43. The number of methoxy groups -OCH3 is 1. The van der Waals surface area contributed by atoms with Crippen LogP contribution in [-0.4, -0.2) is 13.8 Å². The van der Waals surface area contributed by atoms with E-state index in [1.54, 1.807) is 0 Å². The lowest BCUT2D eigenvalue weighted by Gasteiger charge is -2.21. The minimum Gasteiger partial charge on any atom is -0.494 e. The molecule has 29 heavy (non-hydrogen) atoms. The van der Waals surface area contributed by atoms with E-state index < -0.39 is 63.8 Å². The zero-order valence-electron chi connectivity index (χ0n) is 15.7. The maximum atomic E-state index is 14.9. The molecule has 8 heteroatoms. The van der Waals surface area contributed by atoms with E-state index in [-0.39, 0.29) is 11.1 Å². The first kappa shape index (κ1) is 20.8. The number of hydrogen-bond acceptors (Lipinski definition) is 1. The van der Waals surface area contributed by atoms with Gasteiger partial charge in [-0.15, -0.1) is 0 Å². The first-order chi connectivity index (χ1) is 13.7. The van der Waals surface area contributed by atoms with Gasteiger partial charge in [-0.2, -0.15) is 0 Å². The smallest absolute Gasteiger partial charge is 0.260 e. The van der Waals surface area contributed by atoms with Gasteiger partial charge < -0.3 is 4.74 Å². The van der Waals surface area contributed by atoms with E-state index in [1.165, 1.54) is 13.8 Å². The Morgan fingerprint density at radius 3 is 1.59 bits per heavy atom. The van der Waals surface area contributed by atoms with Gasteiger partial charge in [-0.1, -0.05) is 12.1 Å². The average molecular weight is 408 g/mol. The van der Waals surface area contributed by atoms with Crippen LogP contribution < -0.4 is 21.1 Å². The molecule has 0 amide bonds. The van der Waals surface area contributed by atoms with Gasteiger partial charge in [-0.25, -0.2) is 26.3 Å². The first-order valence-electron chi connectivity index (χ1n) is 8.59. The summed E-state index contributed by atoms with van der Waals surface area (Å²) in [5, 5.41) is 0. The van der Waals surface area contributed by atoms with E-state index in [9.17, 15) is 26.3 Å². The molecule has 3 rings (SSSR count). The van der Waals surface area contributed by atoms with E-state index in [2.05, 4.69) is 0 Å². The summed E-state index contributed by atoms with van der Waals surface area (Å²) < 4.78 is 92.7. The molecule has 0 atom stereocenters. The van der Waals surface area contributed by atoms with Crippen molar-refractivity contribution in [1.29, 1.82) is 0 Å². The third-order valence-corrected chi connectivity index (χ3v) is 4.80. The summed E-state index contributed by atoms with van der Waals surface area (Å²) in [6.45, 7) is 0.809. The van der Waals surface area contributed by atoms with Gasteiger partial charge in [-0.05, 0) is 48.6 Å². The summed E-state index contributed by atoms with van der Waals surface area (Å²) in [5.41, 5.74) is -2.04. The molecule has 0 fully saturated rings. The molecule has 0 aliphatic rings. The van der Waals surface area contributed by atoms with Crippen LogP contribution in [0.1, 0.15) is 11.1 Å². The minimum absolute atomic E-state index is 0.00523. The van der Waals surface area contributed by atoms with Gasteiger partial charge in [0.1, 0.15) is 29.1 Å². The van der Waals surface area contributed by atoms with Gasteiger partial charge in [0.2, 0.25) is 0 Å². The highest BCUT2D eigenvalue weighted by Crippen LogP contribution is 2.19. The second kappa shape index (κ2) is 7.85. The highest BCUT2D eigenvalue weighted by atomic mass is 19.2. The van der Waals surface area contributed by atoms with Crippen LogP contribution >= 0.6 is 0 Å². The second-order valence-electron chi connectivity index (χ2n) is 6.63. The van der Waals surface area contributed by atoms with Crippen molar-refractivity contribution in [2.45, 2.75) is 13.8 Å². The lowest BCUT2D eigenvalue weighted by Crippen LogP contribution is -2.58.